The maximum absolute atomic E-state index is 12.6. The summed E-state index contributed by atoms with van der Waals surface area (Å²) in [6, 6.07) is 9.59. The van der Waals surface area contributed by atoms with Gasteiger partial charge in [-0.2, -0.15) is 0 Å². The highest BCUT2D eigenvalue weighted by Crippen LogP contribution is 2.51. The highest BCUT2D eigenvalue weighted by Gasteiger charge is 2.25. The largest absolute Gasteiger partial charge is 0.314 e. The summed E-state index contributed by atoms with van der Waals surface area (Å²) >= 11 is 5.95. The first-order chi connectivity index (χ1) is 7.12. The van der Waals surface area contributed by atoms with Crippen molar-refractivity contribution in [3.8, 4) is 0 Å². The Labute approximate surface area is 94.8 Å². The molecule has 1 aromatic carbocycles. The monoisotopic (exact) mass is 238 g/mol. The third-order valence-electron chi connectivity index (χ3n) is 2.53. The van der Waals surface area contributed by atoms with E-state index in [-0.39, 0.29) is 0 Å². The number of halogens is 1. The van der Waals surface area contributed by atoms with Crippen LogP contribution in [0.4, 0.5) is 0 Å². The molecule has 15 heavy (non-hydrogen) atoms. The van der Waals surface area contributed by atoms with Crippen LogP contribution in [-0.4, -0.2) is 6.16 Å². The van der Waals surface area contributed by atoms with Crippen LogP contribution in [0.5, 0.6) is 0 Å². The minimum atomic E-state index is -2.38. The SMILES string of the molecule is CC1=C(Cl)C=CP(=O)(c2ccccc2)C1. The molecule has 0 amide bonds. The summed E-state index contributed by atoms with van der Waals surface area (Å²) in [6.07, 6.45) is 2.32. The van der Waals surface area contributed by atoms with Crippen molar-refractivity contribution < 1.29 is 4.57 Å². The maximum Gasteiger partial charge on any atom is 0.140 e. The molecule has 0 saturated heterocycles. The quantitative estimate of drug-likeness (QED) is 0.682. The van der Waals surface area contributed by atoms with Crippen molar-refractivity contribution in [2.45, 2.75) is 6.92 Å². The van der Waals surface area contributed by atoms with Gasteiger partial charge in [0.25, 0.3) is 0 Å². The Morgan fingerprint density at radius 1 is 1.27 bits per heavy atom. The predicted molar refractivity (Wildman–Crippen MR) is 66.2 cm³/mol. The molecule has 0 aromatic heterocycles. The van der Waals surface area contributed by atoms with Crippen molar-refractivity contribution in [1.82, 2.24) is 0 Å². The molecule has 0 N–H and O–H groups in total. The van der Waals surface area contributed by atoms with Gasteiger partial charge in [0.05, 0.1) is 0 Å². The van der Waals surface area contributed by atoms with Crippen LogP contribution in [-0.2, 0) is 4.57 Å². The molecule has 3 heteroatoms. The van der Waals surface area contributed by atoms with E-state index in [1.54, 1.807) is 11.9 Å². The van der Waals surface area contributed by atoms with E-state index < -0.39 is 7.14 Å². The smallest absolute Gasteiger partial charge is 0.140 e. The Kier molecular flexibility index (Phi) is 2.86. The van der Waals surface area contributed by atoms with Crippen molar-refractivity contribution in [3.05, 3.63) is 52.8 Å². The summed E-state index contributed by atoms with van der Waals surface area (Å²) in [5.74, 6) is 1.76. The normalized spacial score (nSPS) is 25.7. The van der Waals surface area contributed by atoms with Gasteiger partial charge in [0.1, 0.15) is 7.14 Å². The van der Waals surface area contributed by atoms with Crippen molar-refractivity contribution in [2.75, 3.05) is 6.16 Å². The van der Waals surface area contributed by atoms with E-state index in [0.717, 1.165) is 15.9 Å². The van der Waals surface area contributed by atoms with E-state index in [1.807, 2.05) is 37.3 Å². The second-order valence-corrected chi connectivity index (χ2v) is 6.86. The van der Waals surface area contributed by atoms with Gasteiger partial charge < -0.3 is 4.57 Å². The van der Waals surface area contributed by atoms with Crippen LogP contribution < -0.4 is 5.30 Å². The average Bonchev–Trinajstić information content (AvgIpc) is 2.26. The highest BCUT2D eigenvalue weighted by atomic mass is 35.5. The van der Waals surface area contributed by atoms with E-state index in [4.69, 9.17) is 11.6 Å². The first-order valence-corrected chi connectivity index (χ1v) is 7.15. The summed E-state index contributed by atoms with van der Waals surface area (Å²) in [5, 5.41) is 1.63. The van der Waals surface area contributed by atoms with Gasteiger partial charge in [-0.05, 0) is 24.4 Å². The maximum atomic E-state index is 12.6. The van der Waals surface area contributed by atoms with Gasteiger partial charge in [0.2, 0.25) is 0 Å². The number of allylic oxidation sites excluding steroid dienone is 3. The molecule has 1 aromatic rings. The third kappa shape index (κ3) is 2.09. The predicted octanol–water partition coefficient (Wildman–Crippen LogP) is 3.72. The molecular weight excluding hydrogens is 227 g/mol. The van der Waals surface area contributed by atoms with Gasteiger partial charge in [-0.25, -0.2) is 0 Å². The van der Waals surface area contributed by atoms with Crippen LogP contribution in [0, 0.1) is 0 Å². The van der Waals surface area contributed by atoms with Gasteiger partial charge in [-0.3, -0.25) is 0 Å². The van der Waals surface area contributed by atoms with Gasteiger partial charge in [-0.15, -0.1) is 0 Å². The Balaban J connectivity index is 2.41. The number of hydrogen-bond donors (Lipinski definition) is 0. The standard InChI is InChI=1S/C12H12ClOP/c1-10-9-15(14,8-7-12(10)13)11-5-3-2-4-6-11/h2-8H,9H2,1H3. The van der Waals surface area contributed by atoms with E-state index in [1.165, 1.54) is 0 Å². The average molecular weight is 239 g/mol. The third-order valence-corrected chi connectivity index (χ3v) is 5.73. The molecule has 0 saturated carbocycles. The van der Waals surface area contributed by atoms with Gasteiger partial charge in [0, 0.05) is 16.5 Å². The summed E-state index contributed by atoms with van der Waals surface area (Å²) in [6.45, 7) is 1.93. The lowest BCUT2D eigenvalue weighted by molar-refractivity contribution is 0.587. The Bertz CT molecular complexity index is 474. The molecule has 1 atom stereocenters. The lowest BCUT2D eigenvalue weighted by Gasteiger charge is -2.19. The molecule has 1 aliphatic rings. The minimum Gasteiger partial charge on any atom is -0.314 e. The van der Waals surface area contributed by atoms with Crippen LogP contribution >= 0.6 is 18.7 Å². The second kappa shape index (κ2) is 4.00. The van der Waals surface area contributed by atoms with Crippen LogP contribution in [0.2, 0.25) is 0 Å². The number of rotatable bonds is 1. The zero-order valence-electron chi connectivity index (χ0n) is 8.48. The number of benzene rings is 1. The fourth-order valence-electron chi connectivity index (χ4n) is 1.67. The van der Waals surface area contributed by atoms with Crippen molar-refractivity contribution in [1.29, 1.82) is 0 Å². The summed E-state index contributed by atoms with van der Waals surface area (Å²) in [7, 11) is -2.38. The fraction of sp³-hybridized carbons (Fsp3) is 0.167. The molecule has 2 rings (SSSR count). The molecule has 0 spiro atoms. The zero-order chi connectivity index (χ0) is 10.9. The highest BCUT2D eigenvalue weighted by molar-refractivity contribution is 7.74. The Morgan fingerprint density at radius 3 is 2.53 bits per heavy atom. The van der Waals surface area contributed by atoms with Gasteiger partial charge in [-0.1, -0.05) is 41.9 Å². The summed E-state index contributed by atoms with van der Waals surface area (Å²) in [4.78, 5) is 0. The zero-order valence-corrected chi connectivity index (χ0v) is 10.1. The molecule has 1 unspecified atom stereocenters. The molecule has 78 valence electrons. The van der Waals surface area contributed by atoms with Crippen LogP contribution in [0.1, 0.15) is 6.92 Å². The van der Waals surface area contributed by atoms with Crippen molar-refractivity contribution >= 4 is 24.0 Å². The van der Waals surface area contributed by atoms with Crippen LogP contribution in [0.25, 0.3) is 0 Å². The Morgan fingerprint density at radius 2 is 1.93 bits per heavy atom. The molecule has 0 bridgehead atoms. The molecule has 0 radical (unpaired) electrons. The molecule has 0 fully saturated rings. The minimum absolute atomic E-state index is 0.562. The van der Waals surface area contributed by atoms with Gasteiger partial charge >= 0.3 is 0 Å². The molecular formula is C12H12ClOP. The summed E-state index contributed by atoms with van der Waals surface area (Å²) < 4.78 is 12.6. The Hall–Kier alpha value is -0.780. The molecule has 0 aliphatic carbocycles. The summed E-state index contributed by atoms with van der Waals surface area (Å²) in [5.41, 5.74) is 1.01. The second-order valence-electron chi connectivity index (χ2n) is 3.73. The van der Waals surface area contributed by atoms with Crippen molar-refractivity contribution in [3.63, 3.8) is 0 Å². The first kappa shape index (κ1) is 10.7. The first-order valence-electron chi connectivity index (χ1n) is 4.81. The lowest BCUT2D eigenvalue weighted by Crippen LogP contribution is -2.08. The van der Waals surface area contributed by atoms with Crippen molar-refractivity contribution in [2.24, 2.45) is 0 Å². The van der Waals surface area contributed by atoms with E-state index in [9.17, 15) is 4.57 Å². The van der Waals surface area contributed by atoms with E-state index >= 15 is 0 Å². The molecule has 1 nitrogen and oxygen atoms in total. The molecule has 1 heterocycles. The fourth-order valence-corrected chi connectivity index (χ4v) is 4.38. The van der Waals surface area contributed by atoms with Gasteiger partial charge in [0.15, 0.2) is 0 Å². The van der Waals surface area contributed by atoms with Crippen LogP contribution in [0.15, 0.2) is 52.8 Å². The van der Waals surface area contributed by atoms with Crippen LogP contribution in [0.3, 0.4) is 0 Å². The molecule has 1 aliphatic heterocycles. The number of hydrogen-bond acceptors (Lipinski definition) is 1. The van der Waals surface area contributed by atoms with E-state index in [2.05, 4.69) is 0 Å². The lowest BCUT2D eigenvalue weighted by atomic mass is 10.3. The van der Waals surface area contributed by atoms with E-state index in [0.29, 0.717) is 6.16 Å². The topological polar surface area (TPSA) is 17.1 Å².